The summed E-state index contributed by atoms with van der Waals surface area (Å²) in [7, 11) is 1.90. The minimum absolute atomic E-state index is 0.00787. The molecule has 0 radical (unpaired) electrons. The van der Waals surface area contributed by atoms with E-state index in [0.29, 0.717) is 13.1 Å². The second-order valence-corrected chi connectivity index (χ2v) is 4.30. The molecular weight excluding hydrogens is 230 g/mol. The topological polar surface area (TPSA) is 64.7 Å². The van der Waals surface area contributed by atoms with Gasteiger partial charge in [-0.25, -0.2) is 4.98 Å². The lowest BCUT2D eigenvalue weighted by Gasteiger charge is -2.12. The van der Waals surface area contributed by atoms with Crippen molar-refractivity contribution in [2.24, 2.45) is 13.0 Å². The first-order valence-electron chi connectivity index (χ1n) is 5.88. The molecule has 1 N–H and O–H groups in total. The second-order valence-electron chi connectivity index (χ2n) is 4.30. The average Bonchev–Trinajstić information content (AvgIpc) is 2.98. The highest BCUT2D eigenvalue weighted by Crippen LogP contribution is 2.01. The summed E-state index contributed by atoms with van der Waals surface area (Å²) in [4.78, 5) is 16.0. The molecule has 0 aliphatic carbocycles. The number of carbonyl (C=O) groups is 1. The third-order valence-electron chi connectivity index (χ3n) is 2.81. The molecule has 96 valence electrons. The predicted molar refractivity (Wildman–Crippen MR) is 66.4 cm³/mol. The van der Waals surface area contributed by atoms with Gasteiger partial charge in [0.1, 0.15) is 5.82 Å². The average molecular weight is 247 g/mol. The standard InChI is InChI=1S/C12H17N5O/c1-10(9-17-6-3-4-15-17)12(18)14-8-11-13-5-7-16(11)2/h3-7,10H,8-9H2,1-2H3,(H,14,18)/t10-/m1/s1. The molecule has 0 spiro atoms. The molecule has 0 aliphatic rings. The molecule has 0 fully saturated rings. The Labute approximate surface area is 106 Å². The molecule has 1 amide bonds. The van der Waals surface area contributed by atoms with E-state index in [-0.39, 0.29) is 11.8 Å². The molecule has 6 nitrogen and oxygen atoms in total. The van der Waals surface area contributed by atoms with Gasteiger partial charge in [-0.1, -0.05) is 6.92 Å². The summed E-state index contributed by atoms with van der Waals surface area (Å²) in [6.45, 7) is 2.92. The quantitative estimate of drug-likeness (QED) is 0.840. The zero-order valence-electron chi connectivity index (χ0n) is 10.6. The Kier molecular flexibility index (Phi) is 3.76. The minimum atomic E-state index is -0.120. The summed E-state index contributed by atoms with van der Waals surface area (Å²) >= 11 is 0. The fourth-order valence-corrected chi connectivity index (χ4v) is 1.68. The Morgan fingerprint density at radius 1 is 1.44 bits per heavy atom. The number of hydrogen-bond acceptors (Lipinski definition) is 3. The maximum atomic E-state index is 11.9. The van der Waals surface area contributed by atoms with Crippen molar-refractivity contribution in [2.45, 2.75) is 20.0 Å². The third kappa shape index (κ3) is 2.97. The number of carbonyl (C=O) groups excluding carboxylic acids is 1. The van der Waals surface area contributed by atoms with E-state index in [1.807, 2.05) is 37.0 Å². The summed E-state index contributed by atoms with van der Waals surface area (Å²) in [5, 5.41) is 6.96. The highest BCUT2D eigenvalue weighted by molar-refractivity contribution is 5.78. The van der Waals surface area contributed by atoms with Crippen molar-refractivity contribution in [1.29, 1.82) is 0 Å². The van der Waals surface area contributed by atoms with E-state index in [9.17, 15) is 4.79 Å². The molecule has 2 rings (SSSR count). The lowest BCUT2D eigenvalue weighted by Crippen LogP contribution is -2.32. The highest BCUT2D eigenvalue weighted by atomic mass is 16.1. The van der Waals surface area contributed by atoms with Gasteiger partial charge in [0.2, 0.25) is 5.91 Å². The molecule has 0 saturated heterocycles. The molecule has 2 heterocycles. The van der Waals surface area contributed by atoms with Gasteiger partial charge in [-0.2, -0.15) is 5.10 Å². The molecule has 0 saturated carbocycles. The number of nitrogens with zero attached hydrogens (tertiary/aromatic N) is 4. The van der Waals surface area contributed by atoms with Crippen molar-refractivity contribution in [2.75, 3.05) is 0 Å². The van der Waals surface area contributed by atoms with Crippen LogP contribution in [0.4, 0.5) is 0 Å². The van der Waals surface area contributed by atoms with Crippen LogP contribution in [0.3, 0.4) is 0 Å². The van der Waals surface area contributed by atoms with Gasteiger partial charge < -0.3 is 9.88 Å². The van der Waals surface area contributed by atoms with Crippen LogP contribution in [0.15, 0.2) is 30.9 Å². The molecule has 0 aliphatic heterocycles. The number of hydrogen-bond donors (Lipinski definition) is 1. The van der Waals surface area contributed by atoms with Crippen LogP contribution < -0.4 is 5.32 Å². The van der Waals surface area contributed by atoms with Crippen LogP contribution in [0.1, 0.15) is 12.7 Å². The molecule has 1 atom stereocenters. The Hall–Kier alpha value is -2.11. The smallest absolute Gasteiger partial charge is 0.225 e. The van der Waals surface area contributed by atoms with Crippen molar-refractivity contribution in [3.05, 3.63) is 36.7 Å². The third-order valence-corrected chi connectivity index (χ3v) is 2.81. The molecular formula is C12H17N5O. The van der Waals surface area contributed by atoms with Crippen molar-refractivity contribution in [3.8, 4) is 0 Å². The summed E-state index contributed by atoms with van der Waals surface area (Å²) < 4.78 is 3.64. The summed E-state index contributed by atoms with van der Waals surface area (Å²) in [6.07, 6.45) is 7.13. The zero-order chi connectivity index (χ0) is 13.0. The van der Waals surface area contributed by atoms with Gasteiger partial charge in [-0.3, -0.25) is 9.48 Å². The van der Waals surface area contributed by atoms with Crippen molar-refractivity contribution in [1.82, 2.24) is 24.6 Å². The molecule has 6 heteroatoms. The van der Waals surface area contributed by atoms with Crippen molar-refractivity contribution >= 4 is 5.91 Å². The van der Waals surface area contributed by atoms with E-state index in [1.165, 1.54) is 0 Å². The van der Waals surface area contributed by atoms with E-state index < -0.39 is 0 Å². The van der Waals surface area contributed by atoms with E-state index in [0.717, 1.165) is 5.82 Å². The molecule has 0 unspecified atom stereocenters. The van der Waals surface area contributed by atoms with E-state index >= 15 is 0 Å². The number of imidazole rings is 1. The Morgan fingerprint density at radius 2 is 2.28 bits per heavy atom. The molecule has 0 aromatic carbocycles. The van der Waals surface area contributed by atoms with Gasteiger partial charge in [0, 0.05) is 31.8 Å². The Morgan fingerprint density at radius 3 is 2.89 bits per heavy atom. The molecule has 18 heavy (non-hydrogen) atoms. The number of nitrogens with one attached hydrogen (secondary N) is 1. The fraction of sp³-hybridized carbons (Fsp3) is 0.417. The van der Waals surface area contributed by atoms with Gasteiger partial charge in [-0.15, -0.1) is 0 Å². The van der Waals surface area contributed by atoms with Gasteiger partial charge in [0.05, 0.1) is 19.0 Å². The van der Waals surface area contributed by atoms with Crippen LogP contribution in [0, 0.1) is 5.92 Å². The zero-order valence-corrected chi connectivity index (χ0v) is 10.6. The maximum absolute atomic E-state index is 11.9. The van der Waals surface area contributed by atoms with Crippen LogP contribution in [-0.2, 0) is 24.9 Å². The summed E-state index contributed by atoms with van der Waals surface area (Å²) in [6, 6.07) is 1.85. The minimum Gasteiger partial charge on any atom is -0.349 e. The van der Waals surface area contributed by atoms with Gasteiger partial charge in [0.15, 0.2) is 0 Å². The first-order valence-corrected chi connectivity index (χ1v) is 5.88. The van der Waals surface area contributed by atoms with Gasteiger partial charge in [0.25, 0.3) is 0 Å². The number of aromatic nitrogens is 4. The SMILES string of the molecule is C[C@H](Cn1cccn1)C(=O)NCc1nccn1C. The first kappa shape index (κ1) is 12.3. The van der Waals surface area contributed by atoms with E-state index in [2.05, 4.69) is 15.4 Å². The largest absolute Gasteiger partial charge is 0.349 e. The van der Waals surface area contributed by atoms with Crippen LogP contribution in [0.25, 0.3) is 0 Å². The predicted octanol–water partition coefficient (Wildman–Crippen LogP) is 0.569. The second kappa shape index (κ2) is 5.48. The molecule has 0 bridgehead atoms. The van der Waals surface area contributed by atoms with E-state index in [1.54, 1.807) is 17.1 Å². The maximum Gasteiger partial charge on any atom is 0.225 e. The van der Waals surface area contributed by atoms with Gasteiger partial charge in [-0.05, 0) is 6.07 Å². The lowest BCUT2D eigenvalue weighted by atomic mass is 10.1. The van der Waals surface area contributed by atoms with Crippen LogP contribution in [-0.4, -0.2) is 25.2 Å². The molecule has 2 aromatic rings. The van der Waals surface area contributed by atoms with E-state index in [4.69, 9.17) is 0 Å². The number of amides is 1. The summed E-state index contributed by atoms with van der Waals surface area (Å²) in [5.41, 5.74) is 0. The Balaban J connectivity index is 1.82. The molecule has 2 aromatic heterocycles. The van der Waals surface area contributed by atoms with Crippen molar-refractivity contribution in [3.63, 3.8) is 0 Å². The lowest BCUT2D eigenvalue weighted by molar-refractivity contribution is -0.125. The fourth-order valence-electron chi connectivity index (χ4n) is 1.68. The first-order chi connectivity index (χ1) is 8.66. The van der Waals surface area contributed by atoms with Crippen LogP contribution >= 0.6 is 0 Å². The van der Waals surface area contributed by atoms with Crippen LogP contribution in [0.5, 0.6) is 0 Å². The Bertz CT molecular complexity index is 502. The number of aryl methyl sites for hydroxylation is 1. The summed E-state index contributed by atoms with van der Waals surface area (Å²) in [5.74, 6) is 0.730. The monoisotopic (exact) mass is 247 g/mol. The van der Waals surface area contributed by atoms with Gasteiger partial charge >= 0.3 is 0 Å². The van der Waals surface area contributed by atoms with Crippen molar-refractivity contribution < 1.29 is 4.79 Å². The highest BCUT2D eigenvalue weighted by Gasteiger charge is 2.13. The normalized spacial score (nSPS) is 12.3. The van der Waals surface area contributed by atoms with Crippen LogP contribution in [0.2, 0.25) is 0 Å². The number of rotatable bonds is 5.